The van der Waals surface area contributed by atoms with Crippen molar-refractivity contribution < 1.29 is 17.8 Å². The second-order valence-corrected chi connectivity index (χ2v) is 40.7. The van der Waals surface area contributed by atoms with Gasteiger partial charge in [-0.05, 0) is 337 Å². The summed E-state index contributed by atoms with van der Waals surface area (Å²) in [6.07, 6.45) is 24.0. The van der Waals surface area contributed by atoms with Crippen molar-refractivity contribution in [2.24, 2.45) is 21.1 Å². The summed E-state index contributed by atoms with van der Waals surface area (Å²) in [4.78, 5) is 25.1. The van der Waals surface area contributed by atoms with Gasteiger partial charge in [0, 0.05) is 109 Å². The first kappa shape index (κ1) is 113. The average Bonchev–Trinajstić information content (AvgIpc) is 1.75. The van der Waals surface area contributed by atoms with Crippen LogP contribution in [0.2, 0.25) is 0 Å². The number of aromatic nitrogens is 16. The maximum atomic E-state index is 13.9. The first-order chi connectivity index (χ1) is 69.4. The van der Waals surface area contributed by atoms with E-state index < -0.39 is 0 Å². The number of benzene rings is 9. The molecule has 0 aliphatic rings. The van der Waals surface area contributed by atoms with Crippen LogP contribution < -0.4 is 0 Å². The Morgan fingerprint density at radius 2 is 0.685 bits per heavy atom. The summed E-state index contributed by atoms with van der Waals surface area (Å²) in [5, 5.41) is 23.7. The Bertz CT molecular complexity index is 7000. The van der Waals surface area contributed by atoms with Gasteiger partial charge < -0.3 is 13.6 Å². The summed E-state index contributed by atoms with van der Waals surface area (Å²) >= 11 is 0. The zero-order valence-corrected chi connectivity index (χ0v) is 92.3. The topological polar surface area (TPSA) is 201 Å². The molecular weight excluding hydrogens is 1810 g/mol. The second kappa shape index (κ2) is 53.3. The molecule has 9 heterocycles. The Balaban J connectivity index is 0.000000168. The van der Waals surface area contributed by atoms with Crippen LogP contribution in [0.15, 0.2) is 278 Å². The monoisotopic (exact) mass is 1960 g/mol. The molecule has 18 rings (SSSR count). The number of halogens is 2. The minimum Gasteiger partial charge on any atom is -0.334 e. The molecule has 0 atom stereocenters. The predicted molar refractivity (Wildman–Crippen MR) is 599 cm³/mol. The molecule has 18 aromatic rings. The molecule has 0 N–H and O–H groups in total. The fourth-order valence-electron chi connectivity index (χ4n) is 17.9. The molecule has 0 radical (unpaired) electrons. The van der Waals surface area contributed by atoms with Crippen molar-refractivity contribution in [3.05, 3.63) is 398 Å². The molecule has 0 bridgehead atoms. The van der Waals surface area contributed by atoms with E-state index in [2.05, 4.69) is 353 Å². The third-order valence-electron chi connectivity index (χ3n) is 26.0. The second-order valence-electron chi connectivity index (χ2n) is 40.7. The summed E-state index contributed by atoms with van der Waals surface area (Å²) in [7, 11) is 5.73. The van der Waals surface area contributed by atoms with Crippen LogP contribution in [0.5, 0.6) is 0 Å². The molecule has 0 spiro atoms. The van der Waals surface area contributed by atoms with Crippen molar-refractivity contribution in [3.8, 4) is 95.5 Å². The smallest absolute Gasteiger partial charge is 0.257 e. The molecule has 0 saturated carbocycles. The van der Waals surface area contributed by atoms with E-state index in [0.29, 0.717) is 64.9 Å². The molecule has 146 heavy (non-hydrogen) atoms. The van der Waals surface area contributed by atoms with Gasteiger partial charge in [-0.3, -0.25) is 24.3 Å². The lowest BCUT2D eigenvalue weighted by Gasteiger charge is -2.12. The van der Waals surface area contributed by atoms with Crippen molar-refractivity contribution in [1.29, 1.82) is 0 Å². The third kappa shape index (κ3) is 31.4. The van der Waals surface area contributed by atoms with Gasteiger partial charge in [-0.15, -0.1) is 5.10 Å². The van der Waals surface area contributed by atoms with Gasteiger partial charge in [-0.2, -0.15) is 20.2 Å². The summed E-state index contributed by atoms with van der Waals surface area (Å²) in [6.45, 7) is 63.9. The zero-order chi connectivity index (χ0) is 107. The number of pyridine rings is 3. The van der Waals surface area contributed by atoms with Crippen LogP contribution in [0, 0.1) is 94.7 Å². The van der Waals surface area contributed by atoms with Crippen LogP contribution in [0.1, 0.15) is 295 Å². The minimum absolute atomic E-state index is 0.138. The van der Waals surface area contributed by atoms with Gasteiger partial charge >= 0.3 is 0 Å². The SMILES string of the molecule is CC(C)c1ccc(-c2cncn2C)cc1F.Cc1c(-c2ccc(C(C)C)c(F)c2)cnn1C.Cc1cc(-c2cccnc2)ccc1C(C)C.Cc1cc(-c2cnn(C)c2)ccc1C(C)C.Cc1cc(-n2ccnn2)ccc1C(C)C.Cc1ccncc1-c1ccc(C(C)C)c(C)c1.Cc1cncc(-c2ccc(C(C)C)c(C)c2)c1.Cc1noc(-c2ccc(C(C)C)c(C)c2)n1.Cc1noc(-c2ccc(C(C)C)c(C)c2)n1. The molecule has 0 saturated heterocycles. The van der Waals surface area contributed by atoms with E-state index in [1.807, 2.05) is 171 Å². The number of hydrogen-bond acceptors (Lipinski definition) is 14. The molecule has 0 unspecified atom stereocenters. The Kier molecular flexibility index (Phi) is 41.3. The molecule has 762 valence electrons. The Labute approximate surface area is 867 Å². The van der Waals surface area contributed by atoms with Gasteiger partial charge in [-0.1, -0.05) is 261 Å². The lowest BCUT2D eigenvalue weighted by atomic mass is 9.93. The molecule has 0 aliphatic heterocycles. The lowest BCUT2D eigenvalue weighted by molar-refractivity contribution is 0.425. The van der Waals surface area contributed by atoms with Gasteiger partial charge in [0.1, 0.15) is 11.6 Å². The molecule has 18 nitrogen and oxygen atoms in total. The fraction of sp³-hybridized carbons (Fsp3) is 0.333. The van der Waals surface area contributed by atoms with Gasteiger partial charge in [-0.25, -0.2) is 18.4 Å². The Hall–Kier alpha value is -14.7. The summed E-state index contributed by atoms with van der Waals surface area (Å²) < 4.78 is 45.3. The summed E-state index contributed by atoms with van der Waals surface area (Å²) in [5.41, 5.74) is 40.6. The molecule has 9 aromatic carbocycles. The summed E-state index contributed by atoms with van der Waals surface area (Å²) in [5.74, 6) is 6.64. The molecule has 0 aliphatic carbocycles. The van der Waals surface area contributed by atoms with E-state index in [1.165, 1.54) is 134 Å². The maximum Gasteiger partial charge on any atom is 0.257 e. The van der Waals surface area contributed by atoms with Crippen LogP contribution >= 0.6 is 0 Å². The van der Waals surface area contributed by atoms with E-state index in [1.54, 1.807) is 52.6 Å². The highest BCUT2D eigenvalue weighted by Crippen LogP contribution is 2.36. The normalized spacial score (nSPS) is 11.0. The van der Waals surface area contributed by atoms with Crippen molar-refractivity contribution in [1.82, 2.24) is 79.3 Å². The first-order valence-corrected chi connectivity index (χ1v) is 50.9. The van der Waals surface area contributed by atoms with Crippen molar-refractivity contribution in [3.63, 3.8) is 0 Å². The third-order valence-corrected chi connectivity index (χ3v) is 26.0. The highest BCUT2D eigenvalue weighted by atomic mass is 19.1. The van der Waals surface area contributed by atoms with Crippen LogP contribution in [0.25, 0.3) is 95.5 Å². The van der Waals surface area contributed by atoms with Crippen molar-refractivity contribution >= 4 is 0 Å². The summed E-state index contributed by atoms with van der Waals surface area (Å²) in [6, 6.07) is 64.7. The number of rotatable bonds is 18. The molecule has 0 fully saturated rings. The van der Waals surface area contributed by atoms with E-state index in [9.17, 15) is 8.78 Å². The first-order valence-electron chi connectivity index (χ1n) is 50.9. The molecular formula is C126H152F2N16O2. The van der Waals surface area contributed by atoms with E-state index >= 15 is 0 Å². The largest absolute Gasteiger partial charge is 0.334 e. The predicted octanol–water partition coefficient (Wildman–Crippen LogP) is 33.3. The van der Waals surface area contributed by atoms with E-state index in [0.717, 1.165) is 56.0 Å². The van der Waals surface area contributed by atoms with E-state index in [4.69, 9.17) is 9.05 Å². The minimum atomic E-state index is -0.145. The molecule has 0 amide bonds. The fourth-order valence-corrected chi connectivity index (χ4v) is 17.9. The maximum absolute atomic E-state index is 13.9. The number of hydrogen-bond donors (Lipinski definition) is 0. The Morgan fingerprint density at radius 1 is 0.295 bits per heavy atom. The van der Waals surface area contributed by atoms with Gasteiger partial charge in [0.05, 0.1) is 48.7 Å². The van der Waals surface area contributed by atoms with Crippen LogP contribution in [-0.4, -0.2) is 79.3 Å². The van der Waals surface area contributed by atoms with Gasteiger partial charge in [0.15, 0.2) is 11.6 Å². The number of imidazole rings is 1. The average molecular weight is 1960 g/mol. The van der Waals surface area contributed by atoms with Crippen LogP contribution in [0.3, 0.4) is 0 Å². The Morgan fingerprint density at radius 3 is 1.05 bits per heavy atom. The van der Waals surface area contributed by atoms with Crippen LogP contribution in [0.4, 0.5) is 8.78 Å². The standard InChI is InChI=1S/2C16H19N.C15H17N.C14H17FN2.C14H18N2.C13H15FN2.2C13H16N2O.C12H15N3/c1-11(2)16-6-5-14(8-13(16)4)15-7-12(3)9-17-10-15;1-11(2)15-6-5-14(9-13(15)4)16-10-17-8-7-12(16)3;1-11(2)15-7-6-13(9-12(15)3)14-5-4-8-16-10-14;1-9(2)12-6-5-11(7-14(12)15)13-8-16-17(4)10(13)3;1-10(2)14-6-5-12(7-11(14)3)13-8-15-16(4)9-13;1-9(2)11-5-4-10(6-12(11)14)13-7-15-8-16(13)3;2*1-8(2)12-6-5-11(7-9(12)3)13-14-10(4)15-16-13;1-9(2)12-5-4-11(8-10(12)3)15-7-6-13-14-15/h2*5-11H,1-4H3;4-11H,1-3H3;5-9H,1-4H3;5-10H,1-4H3;4-9H,1-3H3;2*5-8H,1-4H3;4-9H,1-3H3. The van der Waals surface area contributed by atoms with Gasteiger partial charge in [0.2, 0.25) is 0 Å². The zero-order valence-electron chi connectivity index (χ0n) is 92.3. The number of aryl methyl sites for hydroxylation is 14. The number of nitrogens with zero attached hydrogens (tertiary/aromatic N) is 16. The van der Waals surface area contributed by atoms with Gasteiger partial charge in [0.25, 0.3) is 11.8 Å². The molecule has 20 heteroatoms. The highest BCUT2D eigenvalue weighted by molar-refractivity contribution is 5.70. The quantitative estimate of drug-likeness (QED) is 0.0785. The van der Waals surface area contributed by atoms with E-state index in [-0.39, 0.29) is 23.5 Å². The van der Waals surface area contributed by atoms with Crippen molar-refractivity contribution in [2.45, 2.75) is 261 Å². The molecule has 9 aromatic heterocycles. The highest BCUT2D eigenvalue weighted by Gasteiger charge is 2.19. The lowest BCUT2D eigenvalue weighted by Crippen LogP contribution is -1.98. The van der Waals surface area contributed by atoms with Crippen molar-refractivity contribution in [2.75, 3.05) is 0 Å². The van der Waals surface area contributed by atoms with Crippen LogP contribution in [-0.2, 0) is 21.1 Å².